The lowest BCUT2D eigenvalue weighted by atomic mass is 9.94. The number of hydrogen-bond donors (Lipinski definition) is 1. The normalized spacial score (nSPS) is 12.1. The summed E-state index contributed by atoms with van der Waals surface area (Å²) in [5.74, 6) is 1.26. The molecular weight excluding hydrogens is 270 g/mol. The van der Waals surface area contributed by atoms with Crippen molar-refractivity contribution in [1.29, 1.82) is 0 Å². The van der Waals surface area contributed by atoms with E-state index in [1.54, 1.807) is 0 Å². The highest BCUT2D eigenvalue weighted by Gasteiger charge is 2.09. The van der Waals surface area contributed by atoms with Crippen molar-refractivity contribution in [3.8, 4) is 5.75 Å². The Morgan fingerprint density at radius 1 is 1.05 bits per heavy atom. The van der Waals surface area contributed by atoms with Crippen LogP contribution >= 0.6 is 11.6 Å². The minimum absolute atomic E-state index is 0.341. The summed E-state index contributed by atoms with van der Waals surface area (Å²) in [6.45, 7) is 1.34. The average Bonchev–Trinajstić information content (AvgIpc) is 2.48. The molecule has 0 radical (unpaired) electrons. The van der Waals surface area contributed by atoms with Gasteiger partial charge in [0.2, 0.25) is 0 Å². The predicted octanol–water partition coefficient (Wildman–Crippen LogP) is 4.24. The zero-order valence-electron chi connectivity index (χ0n) is 11.5. The third kappa shape index (κ3) is 4.55. The SMILES string of the molecule is NCC(CCCOc1ccccc1)c1cccc(Cl)c1. The summed E-state index contributed by atoms with van der Waals surface area (Å²) >= 11 is 6.02. The van der Waals surface area contributed by atoms with E-state index in [-0.39, 0.29) is 0 Å². The van der Waals surface area contributed by atoms with Crippen LogP contribution in [0.1, 0.15) is 24.3 Å². The molecule has 0 aliphatic rings. The van der Waals surface area contributed by atoms with Gasteiger partial charge in [0.15, 0.2) is 0 Å². The molecule has 2 N–H and O–H groups in total. The number of nitrogens with two attached hydrogens (primary N) is 1. The van der Waals surface area contributed by atoms with Crippen molar-refractivity contribution in [2.24, 2.45) is 5.73 Å². The Labute approximate surface area is 125 Å². The highest BCUT2D eigenvalue weighted by Crippen LogP contribution is 2.23. The van der Waals surface area contributed by atoms with Gasteiger partial charge < -0.3 is 10.5 Å². The fourth-order valence-electron chi connectivity index (χ4n) is 2.22. The largest absolute Gasteiger partial charge is 0.494 e. The zero-order valence-corrected chi connectivity index (χ0v) is 12.2. The number of hydrogen-bond acceptors (Lipinski definition) is 2. The van der Waals surface area contributed by atoms with E-state index in [4.69, 9.17) is 22.1 Å². The van der Waals surface area contributed by atoms with E-state index < -0.39 is 0 Å². The van der Waals surface area contributed by atoms with Crippen LogP contribution in [0.4, 0.5) is 0 Å². The molecule has 0 saturated carbocycles. The van der Waals surface area contributed by atoms with Gasteiger partial charge in [0.25, 0.3) is 0 Å². The molecule has 3 heteroatoms. The maximum atomic E-state index is 6.02. The summed E-state index contributed by atoms with van der Waals surface area (Å²) in [6.07, 6.45) is 1.98. The molecule has 0 amide bonds. The van der Waals surface area contributed by atoms with Crippen LogP contribution in [-0.2, 0) is 0 Å². The molecule has 2 aromatic carbocycles. The second-order valence-corrected chi connectivity index (χ2v) is 5.23. The van der Waals surface area contributed by atoms with Crippen molar-refractivity contribution < 1.29 is 4.74 Å². The van der Waals surface area contributed by atoms with Crippen LogP contribution in [0.25, 0.3) is 0 Å². The molecule has 0 saturated heterocycles. The van der Waals surface area contributed by atoms with Gasteiger partial charge in [0.05, 0.1) is 6.61 Å². The van der Waals surface area contributed by atoms with Crippen molar-refractivity contribution in [3.63, 3.8) is 0 Å². The van der Waals surface area contributed by atoms with Crippen molar-refractivity contribution >= 4 is 11.6 Å². The summed E-state index contributed by atoms with van der Waals surface area (Å²) in [5, 5.41) is 0.765. The Bertz CT molecular complexity index is 515. The minimum Gasteiger partial charge on any atom is -0.494 e. The fraction of sp³-hybridized carbons (Fsp3) is 0.294. The Morgan fingerprint density at radius 3 is 2.55 bits per heavy atom. The van der Waals surface area contributed by atoms with Crippen molar-refractivity contribution in [3.05, 3.63) is 65.2 Å². The second kappa shape index (κ2) is 7.93. The Morgan fingerprint density at radius 2 is 1.85 bits per heavy atom. The summed E-state index contributed by atoms with van der Waals surface area (Å²) in [6, 6.07) is 17.8. The Hall–Kier alpha value is -1.51. The van der Waals surface area contributed by atoms with E-state index >= 15 is 0 Å². The van der Waals surface area contributed by atoms with E-state index in [0.717, 1.165) is 23.6 Å². The molecule has 2 aromatic rings. The summed E-state index contributed by atoms with van der Waals surface area (Å²) < 4.78 is 5.69. The van der Waals surface area contributed by atoms with Gasteiger partial charge >= 0.3 is 0 Å². The van der Waals surface area contributed by atoms with Gasteiger partial charge in [0.1, 0.15) is 5.75 Å². The first kappa shape index (κ1) is 14.9. The number of para-hydroxylation sites is 1. The molecule has 0 aliphatic heterocycles. The van der Waals surface area contributed by atoms with Crippen molar-refractivity contribution in [1.82, 2.24) is 0 Å². The molecular formula is C17H20ClNO. The topological polar surface area (TPSA) is 35.2 Å². The Kier molecular flexibility index (Phi) is 5.90. The van der Waals surface area contributed by atoms with Gasteiger partial charge in [-0.25, -0.2) is 0 Å². The molecule has 0 fully saturated rings. The molecule has 106 valence electrons. The molecule has 0 aliphatic carbocycles. The first-order valence-corrected chi connectivity index (χ1v) is 7.31. The van der Waals surface area contributed by atoms with E-state index in [0.29, 0.717) is 19.1 Å². The monoisotopic (exact) mass is 289 g/mol. The highest BCUT2D eigenvalue weighted by molar-refractivity contribution is 6.30. The standard InChI is InChI=1S/C17H20ClNO/c18-16-8-4-6-14(12-16)15(13-19)7-5-11-20-17-9-2-1-3-10-17/h1-4,6,8-10,12,15H,5,7,11,13,19H2. The molecule has 2 rings (SSSR count). The maximum Gasteiger partial charge on any atom is 0.119 e. The molecule has 0 spiro atoms. The molecule has 1 unspecified atom stereocenters. The molecule has 1 atom stereocenters. The zero-order chi connectivity index (χ0) is 14.2. The maximum absolute atomic E-state index is 6.02. The van der Waals surface area contributed by atoms with Gasteiger partial charge in [0, 0.05) is 5.02 Å². The average molecular weight is 290 g/mol. The van der Waals surface area contributed by atoms with E-state index in [9.17, 15) is 0 Å². The van der Waals surface area contributed by atoms with Gasteiger partial charge in [-0.05, 0) is 55.1 Å². The second-order valence-electron chi connectivity index (χ2n) is 4.79. The molecule has 2 nitrogen and oxygen atoms in total. The molecule has 0 bridgehead atoms. The van der Waals surface area contributed by atoms with Crippen LogP contribution in [-0.4, -0.2) is 13.2 Å². The smallest absolute Gasteiger partial charge is 0.119 e. The van der Waals surface area contributed by atoms with Crippen molar-refractivity contribution in [2.45, 2.75) is 18.8 Å². The van der Waals surface area contributed by atoms with E-state index in [1.807, 2.05) is 48.5 Å². The van der Waals surface area contributed by atoms with Gasteiger partial charge in [-0.2, -0.15) is 0 Å². The third-order valence-electron chi connectivity index (χ3n) is 3.31. The van der Waals surface area contributed by atoms with Gasteiger partial charge in [-0.1, -0.05) is 41.9 Å². The summed E-state index contributed by atoms with van der Waals surface area (Å²) in [4.78, 5) is 0. The van der Waals surface area contributed by atoms with E-state index in [1.165, 1.54) is 5.56 Å². The van der Waals surface area contributed by atoms with Crippen LogP contribution in [0.15, 0.2) is 54.6 Å². The number of halogens is 1. The fourth-order valence-corrected chi connectivity index (χ4v) is 2.42. The van der Waals surface area contributed by atoms with Gasteiger partial charge in [-0.15, -0.1) is 0 Å². The molecule has 0 aromatic heterocycles. The van der Waals surface area contributed by atoms with Crippen LogP contribution in [0.5, 0.6) is 5.75 Å². The molecule has 0 heterocycles. The first-order valence-electron chi connectivity index (χ1n) is 6.93. The number of ether oxygens (including phenoxy) is 1. The molecule has 20 heavy (non-hydrogen) atoms. The van der Waals surface area contributed by atoms with Crippen molar-refractivity contribution in [2.75, 3.05) is 13.2 Å². The van der Waals surface area contributed by atoms with E-state index in [2.05, 4.69) is 6.07 Å². The van der Waals surface area contributed by atoms with Crippen LogP contribution < -0.4 is 10.5 Å². The first-order chi connectivity index (χ1) is 9.79. The lowest BCUT2D eigenvalue weighted by molar-refractivity contribution is 0.302. The lowest BCUT2D eigenvalue weighted by Crippen LogP contribution is -2.13. The highest BCUT2D eigenvalue weighted by atomic mass is 35.5. The quantitative estimate of drug-likeness (QED) is 0.774. The number of rotatable bonds is 7. The third-order valence-corrected chi connectivity index (χ3v) is 3.55. The minimum atomic E-state index is 0.341. The Balaban J connectivity index is 1.80. The summed E-state index contributed by atoms with van der Waals surface area (Å²) in [7, 11) is 0. The summed E-state index contributed by atoms with van der Waals surface area (Å²) in [5.41, 5.74) is 7.07. The lowest BCUT2D eigenvalue weighted by Gasteiger charge is -2.15. The predicted molar refractivity (Wildman–Crippen MR) is 84.4 cm³/mol. The van der Waals surface area contributed by atoms with Crippen LogP contribution in [0.3, 0.4) is 0 Å². The van der Waals surface area contributed by atoms with Crippen LogP contribution in [0, 0.1) is 0 Å². The number of benzene rings is 2. The van der Waals surface area contributed by atoms with Crippen LogP contribution in [0.2, 0.25) is 5.02 Å². The van der Waals surface area contributed by atoms with Gasteiger partial charge in [-0.3, -0.25) is 0 Å².